The van der Waals surface area contributed by atoms with E-state index in [1.54, 1.807) is 18.2 Å². The molecule has 72 valence electrons. The molecule has 4 nitrogen and oxygen atoms in total. The van der Waals surface area contributed by atoms with Crippen LogP contribution in [0.3, 0.4) is 0 Å². The monoisotopic (exact) mass is 189 g/mol. The molecule has 0 fully saturated rings. The number of nitrogens with one attached hydrogen (secondary N) is 1. The molecule has 0 spiro atoms. The zero-order chi connectivity index (χ0) is 10.1. The van der Waals surface area contributed by atoms with Gasteiger partial charge in [0.25, 0.3) is 0 Å². The number of aromatic nitrogens is 2. The van der Waals surface area contributed by atoms with E-state index in [4.69, 9.17) is 5.73 Å². The van der Waals surface area contributed by atoms with E-state index in [1.165, 1.54) is 0 Å². The van der Waals surface area contributed by atoms with Crippen LogP contribution < -0.4 is 5.73 Å². The SMILES string of the molecule is Cc1c(N)n[nH]c1-c1cccc(O)c1. The van der Waals surface area contributed by atoms with Gasteiger partial charge in [0.2, 0.25) is 0 Å². The summed E-state index contributed by atoms with van der Waals surface area (Å²) in [5.74, 6) is 0.721. The lowest BCUT2D eigenvalue weighted by Gasteiger charge is -1.99. The molecule has 0 aliphatic rings. The molecular weight excluding hydrogens is 178 g/mol. The second kappa shape index (κ2) is 3.06. The zero-order valence-corrected chi connectivity index (χ0v) is 7.78. The molecule has 4 N–H and O–H groups in total. The smallest absolute Gasteiger partial charge is 0.148 e. The Balaban J connectivity index is 2.55. The number of phenols is 1. The quantitative estimate of drug-likeness (QED) is 0.638. The van der Waals surface area contributed by atoms with Crippen LogP contribution in [0.15, 0.2) is 24.3 Å². The van der Waals surface area contributed by atoms with Crippen LogP contribution in [0.25, 0.3) is 11.3 Å². The fraction of sp³-hybridized carbons (Fsp3) is 0.100. The van der Waals surface area contributed by atoms with Crippen LogP contribution >= 0.6 is 0 Å². The van der Waals surface area contributed by atoms with Crippen LogP contribution in [0.4, 0.5) is 5.82 Å². The molecule has 14 heavy (non-hydrogen) atoms. The van der Waals surface area contributed by atoms with E-state index < -0.39 is 0 Å². The number of aromatic hydroxyl groups is 1. The minimum Gasteiger partial charge on any atom is -0.508 e. The van der Waals surface area contributed by atoms with Crippen molar-refractivity contribution in [1.82, 2.24) is 10.2 Å². The molecule has 0 radical (unpaired) electrons. The lowest BCUT2D eigenvalue weighted by Crippen LogP contribution is -1.86. The van der Waals surface area contributed by atoms with Crippen molar-refractivity contribution in [2.24, 2.45) is 0 Å². The third-order valence-corrected chi connectivity index (χ3v) is 2.18. The Hall–Kier alpha value is -1.97. The van der Waals surface area contributed by atoms with Crippen LogP contribution in [-0.2, 0) is 0 Å². The third-order valence-electron chi connectivity index (χ3n) is 2.18. The first-order valence-electron chi connectivity index (χ1n) is 4.28. The summed E-state index contributed by atoms with van der Waals surface area (Å²) in [4.78, 5) is 0. The third kappa shape index (κ3) is 1.31. The van der Waals surface area contributed by atoms with Gasteiger partial charge in [0.15, 0.2) is 0 Å². The van der Waals surface area contributed by atoms with Gasteiger partial charge in [-0.2, -0.15) is 5.10 Å². The summed E-state index contributed by atoms with van der Waals surface area (Å²) in [6, 6.07) is 6.96. The second-order valence-electron chi connectivity index (χ2n) is 3.16. The first kappa shape index (κ1) is 8.62. The van der Waals surface area contributed by atoms with Gasteiger partial charge in [-0.3, -0.25) is 5.10 Å². The second-order valence-corrected chi connectivity index (χ2v) is 3.16. The summed E-state index contributed by atoms with van der Waals surface area (Å²) in [6.45, 7) is 1.89. The van der Waals surface area contributed by atoms with Crippen LogP contribution in [0.5, 0.6) is 5.75 Å². The molecule has 0 amide bonds. The fourth-order valence-electron chi connectivity index (χ4n) is 1.35. The minimum absolute atomic E-state index is 0.232. The highest BCUT2D eigenvalue weighted by Gasteiger charge is 2.07. The molecule has 2 rings (SSSR count). The van der Waals surface area contributed by atoms with Crippen molar-refractivity contribution in [1.29, 1.82) is 0 Å². The predicted molar refractivity (Wildman–Crippen MR) is 54.8 cm³/mol. The fourth-order valence-corrected chi connectivity index (χ4v) is 1.35. The molecule has 0 saturated heterocycles. The van der Waals surface area contributed by atoms with E-state index >= 15 is 0 Å². The minimum atomic E-state index is 0.232. The molecule has 1 aromatic heterocycles. The van der Waals surface area contributed by atoms with Crippen LogP contribution in [-0.4, -0.2) is 15.3 Å². The summed E-state index contributed by atoms with van der Waals surface area (Å²) >= 11 is 0. The molecule has 0 bridgehead atoms. The van der Waals surface area contributed by atoms with Crippen LogP contribution in [0.1, 0.15) is 5.56 Å². The molecule has 1 heterocycles. The van der Waals surface area contributed by atoms with Gasteiger partial charge >= 0.3 is 0 Å². The van der Waals surface area contributed by atoms with E-state index in [0.29, 0.717) is 5.82 Å². The normalized spacial score (nSPS) is 10.4. The summed E-state index contributed by atoms with van der Waals surface area (Å²) in [6.07, 6.45) is 0. The van der Waals surface area contributed by atoms with E-state index in [9.17, 15) is 5.11 Å². The van der Waals surface area contributed by atoms with Gasteiger partial charge < -0.3 is 10.8 Å². The number of rotatable bonds is 1. The van der Waals surface area contributed by atoms with Crippen molar-refractivity contribution < 1.29 is 5.11 Å². The van der Waals surface area contributed by atoms with Gasteiger partial charge in [-0.25, -0.2) is 0 Å². The van der Waals surface area contributed by atoms with Gasteiger partial charge in [0, 0.05) is 11.1 Å². The van der Waals surface area contributed by atoms with Gasteiger partial charge in [-0.15, -0.1) is 0 Å². The van der Waals surface area contributed by atoms with Crippen LogP contribution in [0.2, 0.25) is 0 Å². The molecule has 4 heteroatoms. The Bertz CT molecular complexity index is 462. The van der Waals surface area contributed by atoms with E-state index in [1.807, 2.05) is 13.0 Å². The lowest BCUT2D eigenvalue weighted by atomic mass is 10.1. The van der Waals surface area contributed by atoms with Gasteiger partial charge in [-0.1, -0.05) is 12.1 Å². The zero-order valence-electron chi connectivity index (χ0n) is 7.78. The average molecular weight is 189 g/mol. The Morgan fingerprint density at radius 3 is 2.79 bits per heavy atom. The largest absolute Gasteiger partial charge is 0.508 e. The number of aromatic amines is 1. The molecule has 0 unspecified atom stereocenters. The molecule has 2 aromatic rings. The van der Waals surface area contributed by atoms with Crippen molar-refractivity contribution in [3.63, 3.8) is 0 Å². The number of hydrogen-bond donors (Lipinski definition) is 3. The number of phenolic OH excluding ortho intramolecular Hbond substituents is 1. The van der Waals surface area contributed by atoms with Gasteiger partial charge in [0.05, 0.1) is 5.69 Å². The highest BCUT2D eigenvalue weighted by molar-refractivity contribution is 5.68. The van der Waals surface area contributed by atoms with E-state index in [-0.39, 0.29) is 5.75 Å². The highest BCUT2D eigenvalue weighted by Crippen LogP contribution is 2.26. The Labute approximate surface area is 81.4 Å². The molecule has 0 aliphatic carbocycles. The first-order valence-corrected chi connectivity index (χ1v) is 4.28. The molecular formula is C10H11N3O. The number of nitrogens with zero attached hydrogens (tertiary/aromatic N) is 1. The maximum atomic E-state index is 9.31. The topological polar surface area (TPSA) is 74.9 Å². The highest BCUT2D eigenvalue weighted by atomic mass is 16.3. The Morgan fingerprint density at radius 1 is 1.43 bits per heavy atom. The van der Waals surface area contributed by atoms with Crippen molar-refractivity contribution in [3.05, 3.63) is 29.8 Å². The standard InChI is InChI=1S/C10H11N3O/c1-6-9(12-13-10(6)11)7-3-2-4-8(14)5-7/h2-5,14H,1H3,(H3,11,12,13). The number of H-pyrrole nitrogens is 1. The molecule has 0 atom stereocenters. The van der Waals surface area contributed by atoms with E-state index in [2.05, 4.69) is 10.2 Å². The summed E-state index contributed by atoms with van der Waals surface area (Å²) in [5, 5.41) is 16.0. The lowest BCUT2D eigenvalue weighted by molar-refractivity contribution is 0.475. The van der Waals surface area contributed by atoms with Crippen LogP contribution in [0, 0.1) is 6.92 Å². The molecule has 0 saturated carbocycles. The number of nitrogens with two attached hydrogens (primary N) is 1. The summed E-state index contributed by atoms with van der Waals surface area (Å²) in [7, 11) is 0. The molecule has 0 aliphatic heterocycles. The number of anilines is 1. The Kier molecular flexibility index (Phi) is 1.89. The first-order chi connectivity index (χ1) is 6.68. The number of benzene rings is 1. The van der Waals surface area contributed by atoms with E-state index in [0.717, 1.165) is 16.8 Å². The summed E-state index contributed by atoms with van der Waals surface area (Å²) < 4.78 is 0. The van der Waals surface area contributed by atoms with Crippen molar-refractivity contribution in [2.45, 2.75) is 6.92 Å². The van der Waals surface area contributed by atoms with Gasteiger partial charge in [-0.05, 0) is 19.1 Å². The number of hydrogen-bond acceptors (Lipinski definition) is 3. The summed E-state index contributed by atoms with van der Waals surface area (Å²) in [5.41, 5.74) is 8.24. The van der Waals surface area contributed by atoms with Crippen molar-refractivity contribution >= 4 is 5.82 Å². The molecule has 1 aromatic carbocycles. The van der Waals surface area contributed by atoms with Crippen molar-refractivity contribution in [2.75, 3.05) is 5.73 Å². The maximum absolute atomic E-state index is 9.31. The predicted octanol–water partition coefficient (Wildman–Crippen LogP) is 1.67. The van der Waals surface area contributed by atoms with Gasteiger partial charge in [0.1, 0.15) is 11.6 Å². The average Bonchev–Trinajstić information content (AvgIpc) is 2.48. The number of nitrogen functional groups attached to an aromatic ring is 1. The maximum Gasteiger partial charge on any atom is 0.148 e. The Morgan fingerprint density at radius 2 is 2.21 bits per heavy atom. The van der Waals surface area contributed by atoms with Crippen molar-refractivity contribution in [3.8, 4) is 17.0 Å².